The summed E-state index contributed by atoms with van der Waals surface area (Å²) in [5, 5.41) is 15.4. The molecule has 0 aliphatic rings. The lowest BCUT2D eigenvalue weighted by Crippen LogP contribution is -2.11. The molecule has 2 aromatic rings. The molecule has 1 aromatic carbocycles. The first-order valence-electron chi connectivity index (χ1n) is 6.26. The van der Waals surface area contributed by atoms with Crippen LogP contribution in [-0.4, -0.2) is 14.9 Å². The van der Waals surface area contributed by atoms with Gasteiger partial charge in [0, 0.05) is 18.0 Å². The summed E-state index contributed by atoms with van der Waals surface area (Å²) >= 11 is 9.57. The van der Waals surface area contributed by atoms with Crippen LogP contribution in [0.2, 0.25) is 5.02 Å². The van der Waals surface area contributed by atoms with Gasteiger partial charge in [0.05, 0.1) is 16.4 Å². The van der Waals surface area contributed by atoms with E-state index in [1.54, 1.807) is 6.20 Å². The first kappa shape index (κ1) is 14.6. The fourth-order valence-corrected chi connectivity index (χ4v) is 2.84. The molecule has 1 unspecified atom stereocenters. The summed E-state index contributed by atoms with van der Waals surface area (Å²) in [4.78, 5) is 0. The van der Waals surface area contributed by atoms with Crippen LogP contribution in [0.4, 0.5) is 0 Å². The smallest absolute Gasteiger partial charge is 0.101 e. The molecule has 0 aliphatic heterocycles. The van der Waals surface area contributed by atoms with E-state index >= 15 is 0 Å². The number of aliphatic hydroxyl groups excluding tert-OH is 1. The molecule has 102 valence electrons. The van der Waals surface area contributed by atoms with Crippen molar-refractivity contribution in [3.05, 3.63) is 51.2 Å². The Morgan fingerprint density at radius 1 is 1.42 bits per heavy atom. The SMILES string of the molecule is CCCn1ncc(Br)c1C(O)Cc1ccccc1Cl. The van der Waals surface area contributed by atoms with Crippen LogP contribution in [0, 0.1) is 0 Å². The van der Waals surface area contributed by atoms with E-state index in [-0.39, 0.29) is 0 Å². The standard InChI is InChI=1S/C14H16BrClN2O/c1-2-7-18-14(11(15)9-17-18)13(19)8-10-5-3-4-6-12(10)16/h3-6,9,13,19H,2,7-8H2,1H3. The summed E-state index contributed by atoms with van der Waals surface area (Å²) in [6.07, 6.45) is 2.55. The van der Waals surface area contributed by atoms with Crippen molar-refractivity contribution >= 4 is 27.5 Å². The van der Waals surface area contributed by atoms with Gasteiger partial charge in [-0.3, -0.25) is 4.68 Å². The fourth-order valence-electron chi connectivity index (χ4n) is 2.06. The minimum Gasteiger partial charge on any atom is -0.386 e. The summed E-state index contributed by atoms with van der Waals surface area (Å²) in [5.41, 5.74) is 1.74. The molecule has 1 N–H and O–H groups in total. The summed E-state index contributed by atoms with van der Waals surface area (Å²) in [5.74, 6) is 0. The molecule has 0 radical (unpaired) electrons. The zero-order valence-corrected chi connectivity index (χ0v) is 13.0. The maximum Gasteiger partial charge on any atom is 0.101 e. The Bertz CT molecular complexity index is 556. The molecular weight excluding hydrogens is 328 g/mol. The van der Waals surface area contributed by atoms with Crippen LogP contribution in [0.15, 0.2) is 34.9 Å². The van der Waals surface area contributed by atoms with Gasteiger partial charge in [0.25, 0.3) is 0 Å². The molecular formula is C14H16BrClN2O. The molecule has 0 amide bonds. The number of nitrogens with zero attached hydrogens (tertiary/aromatic N) is 2. The van der Waals surface area contributed by atoms with Gasteiger partial charge in [-0.05, 0) is 34.0 Å². The number of rotatable bonds is 5. The van der Waals surface area contributed by atoms with E-state index in [0.29, 0.717) is 11.4 Å². The molecule has 0 fully saturated rings. The minimum absolute atomic E-state index is 0.480. The predicted molar refractivity (Wildman–Crippen MR) is 80.3 cm³/mol. The van der Waals surface area contributed by atoms with Crippen molar-refractivity contribution in [3.63, 3.8) is 0 Å². The molecule has 2 rings (SSSR count). The van der Waals surface area contributed by atoms with Crippen molar-refractivity contribution in [2.45, 2.75) is 32.4 Å². The third-order valence-electron chi connectivity index (χ3n) is 2.96. The molecule has 1 aromatic heterocycles. The van der Waals surface area contributed by atoms with E-state index in [9.17, 15) is 5.11 Å². The highest BCUT2D eigenvalue weighted by Crippen LogP contribution is 2.28. The first-order valence-corrected chi connectivity index (χ1v) is 7.43. The van der Waals surface area contributed by atoms with Crippen molar-refractivity contribution in [1.82, 2.24) is 9.78 Å². The Labute approximate surface area is 126 Å². The third kappa shape index (κ3) is 3.38. The Morgan fingerprint density at radius 3 is 2.84 bits per heavy atom. The van der Waals surface area contributed by atoms with E-state index in [4.69, 9.17) is 11.6 Å². The van der Waals surface area contributed by atoms with Crippen LogP contribution >= 0.6 is 27.5 Å². The normalized spacial score (nSPS) is 12.6. The molecule has 19 heavy (non-hydrogen) atoms. The number of aliphatic hydroxyl groups is 1. The van der Waals surface area contributed by atoms with Gasteiger partial charge in [-0.2, -0.15) is 5.10 Å². The maximum absolute atomic E-state index is 10.4. The second kappa shape index (κ2) is 6.55. The number of aryl methyl sites for hydroxylation is 1. The average molecular weight is 344 g/mol. The Kier molecular flexibility index (Phi) is 5.02. The molecule has 0 bridgehead atoms. The van der Waals surface area contributed by atoms with Gasteiger partial charge in [0.1, 0.15) is 6.10 Å². The summed E-state index contributed by atoms with van der Waals surface area (Å²) in [7, 11) is 0. The molecule has 0 spiro atoms. The van der Waals surface area contributed by atoms with Crippen LogP contribution in [0.25, 0.3) is 0 Å². The number of halogens is 2. The Morgan fingerprint density at radius 2 is 2.16 bits per heavy atom. The average Bonchev–Trinajstić information content (AvgIpc) is 2.74. The number of hydrogen-bond acceptors (Lipinski definition) is 2. The highest BCUT2D eigenvalue weighted by molar-refractivity contribution is 9.10. The van der Waals surface area contributed by atoms with E-state index in [1.807, 2.05) is 28.9 Å². The van der Waals surface area contributed by atoms with E-state index in [0.717, 1.165) is 28.7 Å². The largest absolute Gasteiger partial charge is 0.386 e. The highest BCUT2D eigenvalue weighted by Gasteiger charge is 2.18. The lowest BCUT2D eigenvalue weighted by molar-refractivity contribution is 0.166. The topological polar surface area (TPSA) is 38.0 Å². The van der Waals surface area contributed by atoms with Gasteiger partial charge >= 0.3 is 0 Å². The van der Waals surface area contributed by atoms with Crippen molar-refractivity contribution in [3.8, 4) is 0 Å². The quantitative estimate of drug-likeness (QED) is 0.891. The van der Waals surface area contributed by atoms with Gasteiger partial charge in [0.2, 0.25) is 0 Å². The van der Waals surface area contributed by atoms with Crippen LogP contribution < -0.4 is 0 Å². The first-order chi connectivity index (χ1) is 9.13. The lowest BCUT2D eigenvalue weighted by atomic mass is 10.1. The van der Waals surface area contributed by atoms with E-state index in [2.05, 4.69) is 28.0 Å². The lowest BCUT2D eigenvalue weighted by Gasteiger charge is -2.14. The molecule has 5 heteroatoms. The fraction of sp³-hybridized carbons (Fsp3) is 0.357. The summed E-state index contributed by atoms with van der Waals surface area (Å²) in [6, 6.07) is 7.57. The van der Waals surface area contributed by atoms with Crippen molar-refractivity contribution in [2.24, 2.45) is 0 Å². The molecule has 1 atom stereocenters. The van der Waals surface area contributed by atoms with Crippen molar-refractivity contribution in [1.29, 1.82) is 0 Å². The zero-order valence-electron chi connectivity index (χ0n) is 10.7. The van der Waals surface area contributed by atoms with Crippen LogP contribution in [0.1, 0.15) is 30.7 Å². The van der Waals surface area contributed by atoms with Crippen LogP contribution in [0.3, 0.4) is 0 Å². The maximum atomic E-state index is 10.4. The second-order valence-corrected chi connectivity index (χ2v) is 5.67. The second-order valence-electron chi connectivity index (χ2n) is 4.41. The Hall–Kier alpha value is -0.840. The predicted octanol–water partition coefficient (Wildman–Crippen LogP) is 3.99. The van der Waals surface area contributed by atoms with Crippen LogP contribution in [-0.2, 0) is 13.0 Å². The molecule has 3 nitrogen and oxygen atoms in total. The monoisotopic (exact) mass is 342 g/mol. The van der Waals surface area contributed by atoms with Gasteiger partial charge < -0.3 is 5.11 Å². The van der Waals surface area contributed by atoms with Crippen molar-refractivity contribution in [2.75, 3.05) is 0 Å². The zero-order chi connectivity index (χ0) is 13.8. The highest BCUT2D eigenvalue weighted by atomic mass is 79.9. The van der Waals surface area contributed by atoms with Gasteiger partial charge in [-0.25, -0.2) is 0 Å². The number of aromatic nitrogens is 2. The van der Waals surface area contributed by atoms with Gasteiger partial charge in [-0.1, -0.05) is 36.7 Å². The summed E-state index contributed by atoms with van der Waals surface area (Å²) in [6.45, 7) is 2.88. The Balaban J connectivity index is 2.22. The summed E-state index contributed by atoms with van der Waals surface area (Å²) < 4.78 is 2.67. The van der Waals surface area contributed by atoms with E-state index < -0.39 is 6.10 Å². The van der Waals surface area contributed by atoms with Crippen molar-refractivity contribution < 1.29 is 5.11 Å². The molecule has 0 aliphatic carbocycles. The van der Waals surface area contributed by atoms with Gasteiger partial charge in [-0.15, -0.1) is 0 Å². The van der Waals surface area contributed by atoms with Gasteiger partial charge in [0.15, 0.2) is 0 Å². The van der Waals surface area contributed by atoms with E-state index in [1.165, 1.54) is 0 Å². The van der Waals surface area contributed by atoms with Crippen LogP contribution in [0.5, 0.6) is 0 Å². The third-order valence-corrected chi connectivity index (χ3v) is 3.94. The molecule has 0 saturated carbocycles. The number of benzene rings is 1. The minimum atomic E-state index is -0.622. The number of hydrogen-bond donors (Lipinski definition) is 1. The molecule has 1 heterocycles. The molecule has 0 saturated heterocycles.